The number of halogens is 1. The maximum atomic E-state index is 13.8. The van der Waals surface area contributed by atoms with Crippen molar-refractivity contribution in [1.29, 1.82) is 0 Å². The van der Waals surface area contributed by atoms with Crippen molar-refractivity contribution in [3.05, 3.63) is 98.2 Å². The van der Waals surface area contributed by atoms with Crippen molar-refractivity contribution in [2.45, 2.75) is 26.6 Å². The van der Waals surface area contributed by atoms with Crippen LogP contribution in [0.25, 0.3) is 21.9 Å². The van der Waals surface area contributed by atoms with Crippen molar-refractivity contribution in [2.24, 2.45) is 0 Å². The summed E-state index contributed by atoms with van der Waals surface area (Å²) in [6, 6.07) is 15.1. The van der Waals surface area contributed by atoms with Gasteiger partial charge in [0.15, 0.2) is 5.52 Å². The summed E-state index contributed by atoms with van der Waals surface area (Å²) >= 11 is 6.30. The maximum Gasteiger partial charge on any atom is 0.293 e. The molecule has 4 heterocycles. The van der Waals surface area contributed by atoms with E-state index in [4.69, 9.17) is 16.6 Å². The monoisotopic (exact) mass is 470 g/mol. The van der Waals surface area contributed by atoms with Crippen LogP contribution in [0.5, 0.6) is 0 Å². The van der Waals surface area contributed by atoms with Crippen molar-refractivity contribution in [3.8, 4) is 11.8 Å². The molecule has 5 aromatic rings. The summed E-state index contributed by atoms with van der Waals surface area (Å²) in [6.07, 6.45) is 3.28. The van der Waals surface area contributed by atoms with Crippen LogP contribution in [0.4, 0.5) is 0 Å². The van der Waals surface area contributed by atoms with E-state index in [1.165, 1.54) is 13.9 Å². The summed E-state index contributed by atoms with van der Waals surface area (Å²) < 4.78 is 4.25. The molecule has 8 nitrogen and oxygen atoms in total. The first-order valence-electron chi connectivity index (χ1n) is 10.6. The molecule has 9 heteroatoms. The lowest BCUT2D eigenvalue weighted by molar-refractivity contribution is 0.466. The van der Waals surface area contributed by atoms with Crippen LogP contribution >= 0.6 is 11.6 Å². The van der Waals surface area contributed by atoms with Crippen LogP contribution < -0.4 is 11.1 Å². The normalized spacial score (nSPS) is 11.0. The van der Waals surface area contributed by atoms with Crippen LogP contribution in [0, 0.1) is 11.8 Å². The Morgan fingerprint density at radius 3 is 2.47 bits per heavy atom. The third-order valence-electron chi connectivity index (χ3n) is 5.55. The number of aromatic nitrogens is 6. The second-order valence-corrected chi connectivity index (χ2v) is 8.01. The number of rotatable bonds is 5. The molecule has 5 rings (SSSR count). The van der Waals surface area contributed by atoms with Crippen molar-refractivity contribution in [1.82, 2.24) is 28.9 Å². The average molecular weight is 471 g/mol. The molecule has 0 saturated carbocycles. The molecule has 4 aromatic heterocycles. The van der Waals surface area contributed by atoms with Gasteiger partial charge in [-0.25, -0.2) is 14.3 Å². The number of fused-ring (bicyclic) bond motifs is 2. The lowest BCUT2D eigenvalue weighted by atomic mass is 10.2. The van der Waals surface area contributed by atoms with Crippen molar-refractivity contribution in [3.63, 3.8) is 0 Å². The Bertz CT molecular complexity index is 1710. The van der Waals surface area contributed by atoms with E-state index in [-0.39, 0.29) is 36.0 Å². The second-order valence-electron chi connectivity index (χ2n) is 7.67. The van der Waals surface area contributed by atoms with Gasteiger partial charge in [0.25, 0.3) is 11.1 Å². The zero-order valence-corrected chi connectivity index (χ0v) is 19.0. The number of nitrogens with zero attached hydrogens (tertiary/aromatic N) is 6. The highest BCUT2D eigenvalue weighted by Crippen LogP contribution is 2.16. The Morgan fingerprint density at radius 2 is 1.68 bits per heavy atom. The Morgan fingerprint density at radius 1 is 0.912 bits per heavy atom. The summed E-state index contributed by atoms with van der Waals surface area (Å²) in [4.78, 5) is 40.2. The molecule has 34 heavy (non-hydrogen) atoms. The Labute approximate surface area is 199 Å². The summed E-state index contributed by atoms with van der Waals surface area (Å²) in [6.45, 7) is 2.11. The fourth-order valence-corrected chi connectivity index (χ4v) is 4.11. The minimum absolute atomic E-state index is 0.0182. The summed E-state index contributed by atoms with van der Waals surface area (Å²) in [5, 5.41) is 1.04. The fraction of sp³-hybridized carbons (Fsp3) is 0.160. The molecule has 0 bridgehead atoms. The molecule has 0 aliphatic heterocycles. The number of benzene rings is 1. The number of imidazole rings is 1. The van der Waals surface area contributed by atoms with Crippen LogP contribution in [0.3, 0.4) is 0 Å². The standard InChI is InChI=1S/C25H19ClN6O2/c1-2-3-14-30-22-21(29-25(30)26)23(33)31(15-17-10-12-27-13-11-17)32(24(22)34)16-19-9-8-18-6-4-5-7-20(18)28-19/h4-13H,14-16H2,1H3. The van der Waals surface area contributed by atoms with E-state index in [0.717, 1.165) is 16.5 Å². The van der Waals surface area contributed by atoms with E-state index in [1.54, 1.807) is 31.5 Å². The molecule has 168 valence electrons. The minimum atomic E-state index is -0.419. The Balaban J connectivity index is 1.74. The molecule has 1 aromatic carbocycles. The number of hydrogen-bond acceptors (Lipinski definition) is 5. The molecule has 0 spiro atoms. The summed E-state index contributed by atoms with van der Waals surface area (Å²) in [7, 11) is 0. The number of hydrogen-bond donors (Lipinski definition) is 0. The first-order chi connectivity index (χ1) is 16.6. The first kappa shape index (κ1) is 21.6. The van der Waals surface area contributed by atoms with Crippen LogP contribution in [0.2, 0.25) is 5.28 Å². The molecule has 0 radical (unpaired) electrons. The topological polar surface area (TPSA) is 87.6 Å². The van der Waals surface area contributed by atoms with Gasteiger partial charge in [0, 0.05) is 17.8 Å². The van der Waals surface area contributed by atoms with Gasteiger partial charge in [0.2, 0.25) is 5.28 Å². The quantitative estimate of drug-likeness (QED) is 0.368. The first-order valence-corrected chi connectivity index (χ1v) is 11.0. The molecule has 0 unspecified atom stereocenters. The molecule has 0 aliphatic rings. The largest absolute Gasteiger partial charge is 0.298 e. The lowest BCUT2D eigenvalue weighted by Crippen LogP contribution is -2.40. The highest BCUT2D eigenvalue weighted by atomic mass is 35.5. The van der Waals surface area contributed by atoms with Crippen LogP contribution in [0.1, 0.15) is 18.2 Å². The zero-order valence-electron chi connectivity index (χ0n) is 18.3. The van der Waals surface area contributed by atoms with Gasteiger partial charge in [-0.2, -0.15) is 0 Å². The van der Waals surface area contributed by atoms with E-state index in [1.807, 2.05) is 36.4 Å². The second kappa shape index (κ2) is 8.96. The molecular weight excluding hydrogens is 452 g/mol. The van der Waals surface area contributed by atoms with E-state index < -0.39 is 11.1 Å². The van der Waals surface area contributed by atoms with Gasteiger partial charge in [-0.1, -0.05) is 30.2 Å². The smallest absolute Gasteiger partial charge is 0.293 e. The minimum Gasteiger partial charge on any atom is -0.298 e. The Kier molecular flexibility index (Phi) is 5.70. The summed E-state index contributed by atoms with van der Waals surface area (Å²) in [5.74, 6) is 5.67. The van der Waals surface area contributed by atoms with Gasteiger partial charge in [-0.05, 0) is 48.4 Å². The molecule has 0 N–H and O–H groups in total. The lowest BCUT2D eigenvalue weighted by Gasteiger charge is -2.16. The average Bonchev–Trinajstić information content (AvgIpc) is 3.20. The van der Waals surface area contributed by atoms with E-state index in [9.17, 15) is 9.59 Å². The molecule has 0 fully saturated rings. The molecule has 0 aliphatic carbocycles. The van der Waals surface area contributed by atoms with Gasteiger partial charge in [0.1, 0.15) is 5.52 Å². The van der Waals surface area contributed by atoms with E-state index in [2.05, 4.69) is 21.8 Å². The van der Waals surface area contributed by atoms with Crippen molar-refractivity contribution >= 4 is 33.5 Å². The Hall–Kier alpha value is -4.22. The van der Waals surface area contributed by atoms with Gasteiger partial charge in [-0.3, -0.25) is 24.1 Å². The van der Waals surface area contributed by atoms with Crippen molar-refractivity contribution in [2.75, 3.05) is 0 Å². The zero-order chi connectivity index (χ0) is 23.7. The van der Waals surface area contributed by atoms with Gasteiger partial charge in [0.05, 0.1) is 30.8 Å². The van der Waals surface area contributed by atoms with Crippen LogP contribution in [-0.4, -0.2) is 28.9 Å². The van der Waals surface area contributed by atoms with Gasteiger partial charge in [-0.15, -0.1) is 5.92 Å². The van der Waals surface area contributed by atoms with Crippen LogP contribution in [0.15, 0.2) is 70.5 Å². The highest BCUT2D eigenvalue weighted by Gasteiger charge is 2.21. The predicted molar refractivity (Wildman–Crippen MR) is 131 cm³/mol. The third-order valence-corrected chi connectivity index (χ3v) is 5.84. The number of pyridine rings is 2. The van der Waals surface area contributed by atoms with Crippen LogP contribution in [-0.2, 0) is 19.6 Å². The fourth-order valence-electron chi connectivity index (χ4n) is 3.88. The highest BCUT2D eigenvalue weighted by molar-refractivity contribution is 6.29. The molecule has 0 saturated heterocycles. The number of para-hydroxylation sites is 1. The predicted octanol–water partition coefficient (Wildman–Crippen LogP) is 3.08. The molecule has 0 atom stereocenters. The summed E-state index contributed by atoms with van der Waals surface area (Å²) in [5.41, 5.74) is 1.61. The maximum absolute atomic E-state index is 13.8. The van der Waals surface area contributed by atoms with Crippen molar-refractivity contribution < 1.29 is 0 Å². The van der Waals surface area contributed by atoms with Gasteiger partial charge < -0.3 is 0 Å². The SMILES string of the molecule is CC#CCn1c(Cl)nc2c(=O)n(Cc3ccncc3)n(Cc3ccc4ccccc4n3)c(=O)c21. The van der Waals surface area contributed by atoms with E-state index >= 15 is 0 Å². The van der Waals surface area contributed by atoms with E-state index in [0.29, 0.717) is 5.69 Å². The molecule has 0 amide bonds. The van der Waals surface area contributed by atoms with Gasteiger partial charge >= 0.3 is 0 Å². The third kappa shape index (κ3) is 3.87. The molecular formula is C25H19ClN6O2.